The van der Waals surface area contributed by atoms with Gasteiger partial charge in [0.05, 0.1) is 12.7 Å². The van der Waals surface area contributed by atoms with Gasteiger partial charge >= 0.3 is 0 Å². The van der Waals surface area contributed by atoms with Gasteiger partial charge in [-0.1, -0.05) is 0 Å². The van der Waals surface area contributed by atoms with Crippen LogP contribution in [0.1, 0.15) is 24.8 Å². The lowest BCUT2D eigenvalue weighted by Gasteiger charge is -2.08. The Morgan fingerprint density at radius 1 is 1.40 bits per heavy atom. The van der Waals surface area contributed by atoms with Gasteiger partial charge in [0, 0.05) is 12.1 Å². The molecule has 0 bridgehead atoms. The minimum atomic E-state index is 0.601. The summed E-state index contributed by atoms with van der Waals surface area (Å²) in [6.45, 7) is 2.63. The molecule has 0 unspecified atom stereocenters. The van der Waals surface area contributed by atoms with Crippen LogP contribution < -0.4 is 10.5 Å². The predicted molar refractivity (Wildman–Crippen MR) is 60.6 cm³/mol. The van der Waals surface area contributed by atoms with Gasteiger partial charge in [-0.05, 0) is 43.5 Å². The Bertz CT molecular complexity index is 355. The first-order valence-corrected chi connectivity index (χ1v) is 5.10. The zero-order chi connectivity index (χ0) is 11.1. The van der Waals surface area contributed by atoms with Crippen molar-refractivity contribution < 1.29 is 4.74 Å². The minimum absolute atomic E-state index is 0.601. The summed E-state index contributed by atoms with van der Waals surface area (Å²) >= 11 is 0. The average molecular weight is 204 g/mol. The molecule has 0 spiro atoms. The Morgan fingerprint density at radius 3 is 2.87 bits per heavy atom. The van der Waals surface area contributed by atoms with E-state index in [1.165, 1.54) is 0 Å². The molecule has 80 valence electrons. The Kier molecular flexibility index (Phi) is 4.49. The van der Waals surface area contributed by atoms with E-state index in [1.807, 2.05) is 25.1 Å². The lowest BCUT2D eigenvalue weighted by molar-refractivity contribution is 0.305. The van der Waals surface area contributed by atoms with Gasteiger partial charge in [-0.2, -0.15) is 5.26 Å². The third-order valence-electron chi connectivity index (χ3n) is 2.14. The summed E-state index contributed by atoms with van der Waals surface area (Å²) in [4.78, 5) is 0. The second kappa shape index (κ2) is 5.92. The highest BCUT2D eigenvalue weighted by molar-refractivity contribution is 5.47. The van der Waals surface area contributed by atoms with E-state index < -0.39 is 0 Å². The maximum absolute atomic E-state index is 8.35. The van der Waals surface area contributed by atoms with Crippen molar-refractivity contribution in [3.63, 3.8) is 0 Å². The molecule has 0 amide bonds. The highest BCUT2D eigenvalue weighted by Crippen LogP contribution is 2.20. The molecule has 1 aromatic carbocycles. The lowest BCUT2D eigenvalue weighted by Crippen LogP contribution is -1.99. The van der Waals surface area contributed by atoms with Crippen molar-refractivity contribution in [1.29, 1.82) is 5.26 Å². The zero-order valence-electron chi connectivity index (χ0n) is 8.99. The third-order valence-corrected chi connectivity index (χ3v) is 2.14. The van der Waals surface area contributed by atoms with Gasteiger partial charge in [-0.25, -0.2) is 0 Å². The summed E-state index contributed by atoms with van der Waals surface area (Å²) in [5.74, 6) is 0.876. The first kappa shape index (κ1) is 11.4. The van der Waals surface area contributed by atoms with Gasteiger partial charge in [-0.15, -0.1) is 0 Å². The Hall–Kier alpha value is -1.69. The molecular weight excluding hydrogens is 188 g/mol. The number of nitrogens with two attached hydrogens (primary N) is 1. The summed E-state index contributed by atoms with van der Waals surface area (Å²) < 4.78 is 5.57. The molecule has 15 heavy (non-hydrogen) atoms. The Morgan fingerprint density at radius 2 is 2.20 bits per heavy atom. The molecule has 0 fully saturated rings. The fourth-order valence-electron chi connectivity index (χ4n) is 1.32. The molecule has 3 nitrogen and oxygen atoms in total. The molecule has 0 aliphatic carbocycles. The quantitative estimate of drug-likeness (QED) is 0.592. The van der Waals surface area contributed by atoms with E-state index in [0.717, 1.165) is 29.8 Å². The van der Waals surface area contributed by atoms with Crippen LogP contribution in [0.5, 0.6) is 5.75 Å². The number of aryl methyl sites for hydroxylation is 1. The van der Waals surface area contributed by atoms with Crippen molar-refractivity contribution in [3.05, 3.63) is 23.8 Å². The van der Waals surface area contributed by atoms with Crippen LogP contribution in [-0.4, -0.2) is 6.61 Å². The summed E-state index contributed by atoms with van der Waals surface area (Å²) in [5.41, 5.74) is 7.44. The molecular formula is C12H16N2O. The van der Waals surface area contributed by atoms with Crippen LogP contribution in [-0.2, 0) is 0 Å². The predicted octanol–water partition coefficient (Wildman–Crippen LogP) is 2.65. The molecule has 0 atom stereocenters. The number of rotatable bonds is 5. The van der Waals surface area contributed by atoms with E-state index in [0.29, 0.717) is 13.0 Å². The summed E-state index contributed by atoms with van der Waals surface area (Å²) in [7, 11) is 0. The first-order valence-electron chi connectivity index (χ1n) is 5.10. The van der Waals surface area contributed by atoms with Crippen molar-refractivity contribution in [2.24, 2.45) is 0 Å². The highest BCUT2D eigenvalue weighted by Gasteiger charge is 1.99. The molecule has 1 aromatic rings. The second-order valence-electron chi connectivity index (χ2n) is 3.49. The smallest absolute Gasteiger partial charge is 0.122 e. The number of hydrogen-bond acceptors (Lipinski definition) is 3. The normalized spacial score (nSPS) is 9.60. The van der Waals surface area contributed by atoms with Crippen molar-refractivity contribution >= 4 is 5.69 Å². The number of nitriles is 1. The van der Waals surface area contributed by atoms with Crippen LogP contribution in [0, 0.1) is 18.3 Å². The number of nitrogens with zero attached hydrogens (tertiary/aromatic N) is 1. The van der Waals surface area contributed by atoms with Gasteiger partial charge in [-0.3, -0.25) is 0 Å². The average Bonchev–Trinajstić information content (AvgIpc) is 2.20. The van der Waals surface area contributed by atoms with E-state index >= 15 is 0 Å². The van der Waals surface area contributed by atoms with Crippen LogP contribution in [0.4, 0.5) is 5.69 Å². The Balaban J connectivity index is 2.35. The fraction of sp³-hybridized carbons (Fsp3) is 0.417. The third kappa shape index (κ3) is 3.90. The largest absolute Gasteiger partial charge is 0.493 e. The second-order valence-corrected chi connectivity index (χ2v) is 3.49. The number of benzene rings is 1. The van der Waals surface area contributed by atoms with Gasteiger partial charge in [0.15, 0.2) is 0 Å². The van der Waals surface area contributed by atoms with Crippen LogP contribution in [0.15, 0.2) is 18.2 Å². The molecule has 0 heterocycles. The SMILES string of the molecule is Cc1cc(N)ccc1OCCCCC#N. The van der Waals surface area contributed by atoms with E-state index in [2.05, 4.69) is 6.07 Å². The zero-order valence-corrected chi connectivity index (χ0v) is 8.99. The van der Waals surface area contributed by atoms with Crippen molar-refractivity contribution in [3.8, 4) is 11.8 Å². The standard InChI is InChI=1S/C12H16N2O/c1-10-9-11(14)5-6-12(10)15-8-4-2-3-7-13/h5-6,9H,2-4,8,14H2,1H3. The molecule has 2 N–H and O–H groups in total. The molecule has 1 rings (SSSR count). The van der Waals surface area contributed by atoms with Crippen LogP contribution in [0.25, 0.3) is 0 Å². The van der Waals surface area contributed by atoms with Crippen molar-refractivity contribution in [2.75, 3.05) is 12.3 Å². The van der Waals surface area contributed by atoms with E-state index in [-0.39, 0.29) is 0 Å². The minimum Gasteiger partial charge on any atom is -0.493 e. The van der Waals surface area contributed by atoms with Crippen LogP contribution in [0.2, 0.25) is 0 Å². The van der Waals surface area contributed by atoms with E-state index in [1.54, 1.807) is 0 Å². The highest BCUT2D eigenvalue weighted by atomic mass is 16.5. The van der Waals surface area contributed by atoms with Crippen LogP contribution >= 0.6 is 0 Å². The number of nitrogen functional groups attached to an aromatic ring is 1. The lowest BCUT2D eigenvalue weighted by atomic mass is 10.2. The maximum atomic E-state index is 8.35. The molecule has 0 aliphatic rings. The van der Waals surface area contributed by atoms with E-state index in [4.69, 9.17) is 15.7 Å². The van der Waals surface area contributed by atoms with Gasteiger partial charge in [0.2, 0.25) is 0 Å². The Labute approximate surface area is 90.5 Å². The molecule has 0 radical (unpaired) electrons. The molecule has 0 saturated carbocycles. The number of ether oxygens (including phenoxy) is 1. The molecule has 0 aliphatic heterocycles. The van der Waals surface area contributed by atoms with Crippen molar-refractivity contribution in [2.45, 2.75) is 26.2 Å². The van der Waals surface area contributed by atoms with Gasteiger partial charge in [0.1, 0.15) is 5.75 Å². The van der Waals surface area contributed by atoms with Gasteiger partial charge < -0.3 is 10.5 Å². The fourth-order valence-corrected chi connectivity index (χ4v) is 1.32. The van der Waals surface area contributed by atoms with Crippen molar-refractivity contribution in [1.82, 2.24) is 0 Å². The summed E-state index contributed by atoms with van der Waals surface area (Å²) in [6.07, 6.45) is 2.41. The van der Waals surface area contributed by atoms with Gasteiger partial charge in [0.25, 0.3) is 0 Å². The summed E-state index contributed by atoms with van der Waals surface area (Å²) in [5, 5.41) is 8.35. The molecule has 3 heteroatoms. The monoisotopic (exact) mass is 204 g/mol. The first-order chi connectivity index (χ1) is 7.24. The molecule has 0 saturated heterocycles. The van der Waals surface area contributed by atoms with Crippen LogP contribution in [0.3, 0.4) is 0 Å². The number of unbranched alkanes of at least 4 members (excludes halogenated alkanes) is 2. The molecule has 0 aromatic heterocycles. The number of hydrogen-bond donors (Lipinski definition) is 1. The summed E-state index contributed by atoms with van der Waals surface area (Å²) in [6, 6.07) is 7.72. The number of anilines is 1. The maximum Gasteiger partial charge on any atom is 0.122 e. The van der Waals surface area contributed by atoms with E-state index in [9.17, 15) is 0 Å². The topological polar surface area (TPSA) is 59.0 Å².